The van der Waals surface area contributed by atoms with Gasteiger partial charge in [0.2, 0.25) is 5.91 Å². The van der Waals surface area contributed by atoms with Crippen molar-refractivity contribution in [1.29, 1.82) is 0 Å². The van der Waals surface area contributed by atoms with Crippen LogP contribution in [0.4, 0.5) is 0 Å². The number of aliphatic carboxylic acids is 1. The van der Waals surface area contributed by atoms with Crippen molar-refractivity contribution >= 4 is 17.8 Å². The molecule has 6 heteroatoms. The molecule has 0 spiro atoms. The number of hydrogen-bond donors (Lipinski definition) is 2. The average molecular weight is 287 g/mol. The van der Waals surface area contributed by atoms with Gasteiger partial charge in [-0.15, -0.1) is 0 Å². The van der Waals surface area contributed by atoms with Crippen LogP contribution in [0.3, 0.4) is 0 Å². The predicted octanol–water partition coefficient (Wildman–Crippen LogP) is -0.582. The molecule has 1 aliphatic rings. The maximum atomic E-state index is 12.0. The van der Waals surface area contributed by atoms with Crippen LogP contribution in [0.1, 0.15) is 18.9 Å². The number of hydrogen-bond acceptors (Lipinski definition) is 4. The molecule has 0 heterocycles. The molecule has 1 aromatic carbocycles. The van der Waals surface area contributed by atoms with Gasteiger partial charge in [0.05, 0.1) is 5.97 Å². The van der Waals surface area contributed by atoms with E-state index in [-0.39, 0.29) is 17.2 Å². The molecule has 2 N–H and O–H groups in total. The number of rotatable bonds is 4. The summed E-state index contributed by atoms with van der Waals surface area (Å²) in [6.45, 7) is 1.99. The molecule has 2 atom stereocenters. The summed E-state index contributed by atoms with van der Waals surface area (Å²) in [4.78, 5) is 33.3. The summed E-state index contributed by atoms with van der Waals surface area (Å²) in [6.07, 6.45) is 2.07. The van der Waals surface area contributed by atoms with E-state index in [1.807, 2.05) is 37.3 Å². The van der Waals surface area contributed by atoms with Crippen molar-refractivity contribution in [3.8, 4) is 0 Å². The molecule has 0 bridgehead atoms. The van der Waals surface area contributed by atoms with E-state index in [0.29, 0.717) is 12.5 Å². The van der Waals surface area contributed by atoms with Crippen molar-refractivity contribution in [2.45, 2.75) is 18.8 Å². The molecular formula is C15H15N2O4-. The Hall–Kier alpha value is -2.63. The topological polar surface area (TPSA) is 98.3 Å². The van der Waals surface area contributed by atoms with Crippen molar-refractivity contribution in [2.24, 2.45) is 5.92 Å². The number of hydrazine groups is 1. The molecule has 0 radical (unpaired) electrons. The maximum Gasteiger partial charge on any atom is 0.262 e. The second-order valence-electron chi connectivity index (χ2n) is 5.17. The second-order valence-corrected chi connectivity index (χ2v) is 5.17. The lowest BCUT2D eigenvalue weighted by Crippen LogP contribution is -2.42. The molecule has 1 saturated carbocycles. The minimum absolute atomic E-state index is 0.217. The van der Waals surface area contributed by atoms with Gasteiger partial charge in [0, 0.05) is 17.4 Å². The van der Waals surface area contributed by atoms with Crippen LogP contribution in [0.15, 0.2) is 42.5 Å². The second kappa shape index (κ2) is 5.78. The van der Waals surface area contributed by atoms with Crippen LogP contribution >= 0.6 is 0 Å². The van der Waals surface area contributed by atoms with Crippen molar-refractivity contribution in [1.82, 2.24) is 10.9 Å². The highest BCUT2D eigenvalue weighted by Crippen LogP contribution is 2.53. The Balaban J connectivity index is 1.86. The zero-order valence-electron chi connectivity index (χ0n) is 11.5. The van der Waals surface area contributed by atoms with E-state index in [2.05, 4.69) is 10.9 Å². The quantitative estimate of drug-likeness (QED) is 0.571. The summed E-state index contributed by atoms with van der Waals surface area (Å²) in [5.41, 5.74) is 5.27. The molecule has 0 aromatic heterocycles. The van der Waals surface area contributed by atoms with Gasteiger partial charge in [-0.3, -0.25) is 20.4 Å². The van der Waals surface area contributed by atoms with Crippen LogP contribution in [-0.4, -0.2) is 17.8 Å². The lowest BCUT2D eigenvalue weighted by atomic mass is 9.95. The molecule has 0 saturated heterocycles. The van der Waals surface area contributed by atoms with Crippen LogP contribution in [0.5, 0.6) is 0 Å². The number of benzene rings is 1. The highest BCUT2D eigenvalue weighted by molar-refractivity contribution is 5.95. The van der Waals surface area contributed by atoms with E-state index in [1.165, 1.54) is 0 Å². The highest BCUT2D eigenvalue weighted by atomic mass is 16.4. The zero-order valence-corrected chi connectivity index (χ0v) is 11.5. The van der Waals surface area contributed by atoms with E-state index < -0.39 is 11.9 Å². The lowest BCUT2D eigenvalue weighted by Gasteiger charge is -2.12. The lowest BCUT2D eigenvalue weighted by molar-refractivity contribution is -0.297. The van der Waals surface area contributed by atoms with Gasteiger partial charge >= 0.3 is 0 Å². The fourth-order valence-corrected chi connectivity index (χ4v) is 2.28. The van der Waals surface area contributed by atoms with Crippen molar-refractivity contribution in [3.05, 3.63) is 48.0 Å². The van der Waals surface area contributed by atoms with E-state index in [0.717, 1.165) is 11.6 Å². The summed E-state index contributed by atoms with van der Waals surface area (Å²) in [6, 6.07) is 9.68. The monoisotopic (exact) mass is 287 g/mol. The van der Waals surface area contributed by atoms with Crippen molar-refractivity contribution < 1.29 is 19.5 Å². The third-order valence-corrected chi connectivity index (χ3v) is 3.67. The summed E-state index contributed by atoms with van der Waals surface area (Å²) < 4.78 is 0. The average Bonchev–Trinajstić information content (AvgIpc) is 3.17. The SMILES string of the molecule is C[C@@]1(c2ccccc2)C[C@H]1C(=O)NNC(=O)C=CC(=O)[O-]. The van der Waals surface area contributed by atoms with Gasteiger partial charge in [-0.05, 0) is 18.1 Å². The van der Waals surface area contributed by atoms with Crippen molar-refractivity contribution in [3.63, 3.8) is 0 Å². The summed E-state index contributed by atoms with van der Waals surface area (Å²) >= 11 is 0. The Labute approximate surface area is 121 Å². The first-order valence-electron chi connectivity index (χ1n) is 6.48. The molecule has 1 aromatic rings. The van der Waals surface area contributed by atoms with E-state index >= 15 is 0 Å². The van der Waals surface area contributed by atoms with Gasteiger partial charge in [0.15, 0.2) is 0 Å². The van der Waals surface area contributed by atoms with Crippen LogP contribution in [0.2, 0.25) is 0 Å². The first-order valence-corrected chi connectivity index (χ1v) is 6.48. The number of carbonyl (C=O) groups excluding carboxylic acids is 3. The molecule has 2 amide bonds. The molecule has 0 unspecified atom stereocenters. The fraction of sp³-hybridized carbons (Fsp3) is 0.267. The van der Waals surface area contributed by atoms with Gasteiger partial charge in [0.25, 0.3) is 5.91 Å². The van der Waals surface area contributed by atoms with Crippen LogP contribution in [0.25, 0.3) is 0 Å². The molecule has 110 valence electrons. The predicted molar refractivity (Wildman–Crippen MR) is 72.3 cm³/mol. The number of carboxylic acid groups (broad SMARTS) is 1. The van der Waals surface area contributed by atoms with E-state index in [9.17, 15) is 19.5 Å². The Morgan fingerprint density at radius 1 is 1.19 bits per heavy atom. The zero-order chi connectivity index (χ0) is 15.5. The van der Waals surface area contributed by atoms with Gasteiger partial charge in [0.1, 0.15) is 0 Å². The molecule has 6 nitrogen and oxygen atoms in total. The molecule has 0 aliphatic heterocycles. The van der Waals surface area contributed by atoms with Crippen molar-refractivity contribution in [2.75, 3.05) is 0 Å². The Bertz CT molecular complexity index is 597. The minimum atomic E-state index is -1.48. The Morgan fingerprint density at radius 2 is 1.86 bits per heavy atom. The van der Waals surface area contributed by atoms with E-state index in [1.54, 1.807) is 0 Å². The first kappa shape index (κ1) is 14.8. The number of nitrogens with one attached hydrogen (secondary N) is 2. The first-order chi connectivity index (χ1) is 9.93. The standard InChI is InChI=1S/C15H16N2O4/c1-15(10-5-3-2-4-6-10)9-11(15)14(21)17-16-12(18)7-8-13(19)20/h2-8,11H,9H2,1H3,(H,16,18)(H,17,21)(H,19,20)/p-1/t11-,15-/m0/s1. The molecule has 21 heavy (non-hydrogen) atoms. The molecule has 1 fully saturated rings. The van der Waals surface area contributed by atoms with E-state index in [4.69, 9.17) is 0 Å². The third kappa shape index (κ3) is 3.47. The smallest absolute Gasteiger partial charge is 0.262 e. The molecule has 2 rings (SSSR count). The van der Waals surface area contributed by atoms with Gasteiger partial charge in [-0.25, -0.2) is 0 Å². The molecule has 1 aliphatic carbocycles. The minimum Gasteiger partial charge on any atom is -0.545 e. The summed E-state index contributed by atoms with van der Waals surface area (Å²) in [5.74, 6) is -2.72. The van der Waals surface area contributed by atoms with Crippen LogP contribution in [-0.2, 0) is 19.8 Å². The highest BCUT2D eigenvalue weighted by Gasteiger charge is 2.55. The number of amides is 2. The Kier molecular flexibility index (Phi) is 4.07. The summed E-state index contributed by atoms with van der Waals surface area (Å²) in [5, 5.41) is 10.1. The molecular weight excluding hydrogens is 272 g/mol. The Morgan fingerprint density at radius 3 is 2.48 bits per heavy atom. The fourth-order valence-electron chi connectivity index (χ4n) is 2.28. The number of carbonyl (C=O) groups is 3. The van der Waals surface area contributed by atoms with Gasteiger partial charge in [-0.1, -0.05) is 37.3 Å². The van der Waals surface area contributed by atoms with Gasteiger partial charge in [-0.2, -0.15) is 0 Å². The normalized spacial score (nSPS) is 23.6. The van der Waals surface area contributed by atoms with Crippen LogP contribution < -0.4 is 16.0 Å². The summed E-state index contributed by atoms with van der Waals surface area (Å²) in [7, 11) is 0. The third-order valence-electron chi connectivity index (χ3n) is 3.67. The largest absolute Gasteiger partial charge is 0.545 e. The van der Waals surface area contributed by atoms with Crippen LogP contribution in [0, 0.1) is 5.92 Å². The van der Waals surface area contributed by atoms with Gasteiger partial charge < -0.3 is 9.90 Å². The number of carboxylic acids is 1. The maximum absolute atomic E-state index is 12.0.